The van der Waals surface area contributed by atoms with Crippen LogP contribution in [-0.2, 0) is 9.59 Å². The van der Waals surface area contributed by atoms with Crippen molar-refractivity contribution < 1.29 is 9.59 Å². The first kappa shape index (κ1) is 15.4. The van der Waals surface area contributed by atoms with Gasteiger partial charge < -0.3 is 10.6 Å². The van der Waals surface area contributed by atoms with E-state index in [9.17, 15) is 9.59 Å². The standard InChI is InChI=1S/C15H12Cl2N2O2/c1-9-2-5-12(8-13(9)17)19-15(21)14(20)18-11-6-3-10(16)4-7-11/h2-8H,1H3,(H,18,20)(H,19,21). The van der Waals surface area contributed by atoms with E-state index in [-0.39, 0.29) is 0 Å². The molecule has 0 saturated carbocycles. The molecule has 2 rings (SSSR count). The third-order valence-electron chi connectivity index (χ3n) is 2.74. The molecule has 108 valence electrons. The Kier molecular flexibility index (Phi) is 4.83. The second-order valence-electron chi connectivity index (χ2n) is 4.38. The number of benzene rings is 2. The summed E-state index contributed by atoms with van der Waals surface area (Å²) in [4.78, 5) is 23.6. The molecule has 0 radical (unpaired) electrons. The summed E-state index contributed by atoms with van der Waals surface area (Å²) in [6.45, 7) is 1.85. The fraction of sp³-hybridized carbons (Fsp3) is 0.0667. The Morgan fingerprint density at radius 1 is 0.857 bits per heavy atom. The molecule has 0 heterocycles. The lowest BCUT2D eigenvalue weighted by Gasteiger charge is -2.07. The van der Waals surface area contributed by atoms with E-state index in [1.165, 1.54) is 0 Å². The molecule has 2 amide bonds. The number of aryl methyl sites for hydroxylation is 1. The Morgan fingerprint density at radius 3 is 1.95 bits per heavy atom. The third kappa shape index (κ3) is 4.21. The van der Waals surface area contributed by atoms with Crippen LogP contribution < -0.4 is 10.6 Å². The lowest BCUT2D eigenvalue weighted by molar-refractivity contribution is -0.132. The van der Waals surface area contributed by atoms with Crippen molar-refractivity contribution >= 4 is 46.4 Å². The van der Waals surface area contributed by atoms with Gasteiger partial charge in [0.25, 0.3) is 0 Å². The number of hydrogen-bond acceptors (Lipinski definition) is 2. The highest BCUT2D eigenvalue weighted by molar-refractivity contribution is 6.43. The fourth-order valence-corrected chi connectivity index (χ4v) is 1.89. The molecule has 0 aliphatic heterocycles. The summed E-state index contributed by atoms with van der Waals surface area (Å²) in [7, 11) is 0. The van der Waals surface area contributed by atoms with Gasteiger partial charge in [0, 0.05) is 21.4 Å². The van der Waals surface area contributed by atoms with Gasteiger partial charge in [0.2, 0.25) is 0 Å². The molecule has 0 saturated heterocycles. The highest BCUT2D eigenvalue weighted by atomic mass is 35.5. The highest BCUT2D eigenvalue weighted by Crippen LogP contribution is 2.20. The van der Waals surface area contributed by atoms with Gasteiger partial charge >= 0.3 is 11.8 Å². The molecule has 0 fully saturated rings. The highest BCUT2D eigenvalue weighted by Gasteiger charge is 2.14. The van der Waals surface area contributed by atoms with Crippen LogP contribution in [0.15, 0.2) is 42.5 Å². The zero-order valence-electron chi connectivity index (χ0n) is 11.1. The fourth-order valence-electron chi connectivity index (χ4n) is 1.58. The molecule has 0 unspecified atom stereocenters. The molecule has 0 atom stereocenters. The minimum Gasteiger partial charge on any atom is -0.318 e. The van der Waals surface area contributed by atoms with Crippen LogP contribution in [-0.4, -0.2) is 11.8 Å². The average Bonchev–Trinajstić information content (AvgIpc) is 2.45. The van der Waals surface area contributed by atoms with E-state index < -0.39 is 11.8 Å². The molecule has 4 nitrogen and oxygen atoms in total. The van der Waals surface area contributed by atoms with Crippen LogP contribution in [0.3, 0.4) is 0 Å². The van der Waals surface area contributed by atoms with Crippen LogP contribution >= 0.6 is 23.2 Å². The van der Waals surface area contributed by atoms with Crippen molar-refractivity contribution in [1.29, 1.82) is 0 Å². The monoisotopic (exact) mass is 322 g/mol. The summed E-state index contributed by atoms with van der Waals surface area (Å²) < 4.78 is 0. The number of amides is 2. The second-order valence-corrected chi connectivity index (χ2v) is 5.22. The van der Waals surface area contributed by atoms with Crippen LogP contribution in [0.5, 0.6) is 0 Å². The Balaban J connectivity index is 2.00. The molecule has 21 heavy (non-hydrogen) atoms. The number of anilines is 2. The molecule has 2 aromatic rings. The van der Waals surface area contributed by atoms with Crippen molar-refractivity contribution in [1.82, 2.24) is 0 Å². The van der Waals surface area contributed by atoms with Crippen LogP contribution in [0, 0.1) is 6.92 Å². The largest absolute Gasteiger partial charge is 0.318 e. The molecule has 0 aromatic heterocycles. The van der Waals surface area contributed by atoms with Gasteiger partial charge in [-0.25, -0.2) is 0 Å². The maximum Gasteiger partial charge on any atom is 0.314 e. The van der Waals surface area contributed by atoms with Gasteiger partial charge in [0.1, 0.15) is 0 Å². The summed E-state index contributed by atoms with van der Waals surface area (Å²) in [6, 6.07) is 11.5. The lowest BCUT2D eigenvalue weighted by atomic mass is 10.2. The number of carbonyl (C=O) groups excluding carboxylic acids is 2. The van der Waals surface area contributed by atoms with Gasteiger partial charge in [0.15, 0.2) is 0 Å². The number of hydrogen-bond donors (Lipinski definition) is 2. The van der Waals surface area contributed by atoms with Crippen molar-refractivity contribution in [2.45, 2.75) is 6.92 Å². The van der Waals surface area contributed by atoms with E-state index in [4.69, 9.17) is 23.2 Å². The van der Waals surface area contributed by atoms with E-state index in [1.807, 2.05) is 6.92 Å². The smallest absolute Gasteiger partial charge is 0.314 e. The first-order chi connectivity index (χ1) is 9.95. The summed E-state index contributed by atoms with van der Waals surface area (Å²) >= 11 is 11.7. The predicted molar refractivity (Wildman–Crippen MR) is 84.9 cm³/mol. The maximum atomic E-state index is 11.8. The zero-order chi connectivity index (χ0) is 15.4. The van der Waals surface area contributed by atoms with Gasteiger partial charge in [-0.2, -0.15) is 0 Å². The normalized spacial score (nSPS) is 10.0. The molecular weight excluding hydrogens is 311 g/mol. The van der Waals surface area contributed by atoms with Crippen molar-refractivity contribution in [3.8, 4) is 0 Å². The van der Waals surface area contributed by atoms with Crippen molar-refractivity contribution in [2.24, 2.45) is 0 Å². The summed E-state index contributed by atoms with van der Waals surface area (Å²) in [6.07, 6.45) is 0. The first-order valence-electron chi connectivity index (χ1n) is 6.10. The lowest BCUT2D eigenvalue weighted by Crippen LogP contribution is -2.29. The van der Waals surface area contributed by atoms with E-state index >= 15 is 0 Å². The maximum absolute atomic E-state index is 11.8. The number of halogens is 2. The molecule has 0 spiro atoms. The van der Waals surface area contributed by atoms with Gasteiger partial charge in [-0.1, -0.05) is 29.3 Å². The Labute approximate surface area is 132 Å². The summed E-state index contributed by atoms with van der Waals surface area (Å²) in [5.41, 5.74) is 1.84. The molecule has 0 aliphatic carbocycles. The quantitative estimate of drug-likeness (QED) is 0.824. The summed E-state index contributed by atoms with van der Waals surface area (Å²) in [5, 5.41) is 6.02. The number of rotatable bonds is 2. The van der Waals surface area contributed by atoms with E-state index in [2.05, 4.69) is 10.6 Å². The molecule has 6 heteroatoms. The van der Waals surface area contributed by atoms with Crippen molar-refractivity contribution in [3.05, 3.63) is 58.1 Å². The third-order valence-corrected chi connectivity index (χ3v) is 3.40. The Bertz CT molecular complexity index is 685. The van der Waals surface area contributed by atoms with Gasteiger partial charge in [-0.15, -0.1) is 0 Å². The molecule has 0 bridgehead atoms. The molecule has 0 aliphatic rings. The second kappa shape index (κ2) is 6.61. The van der Waals surface area contributed by atoms with Gasteiger partial charge in [-0.05, 0) is 48.9 Å². The molecule has 2 aromatic carbocycles. The van der Waals surface area contributed by atoms with Gasteiger partial charge in [-0.3, -0.25) is 9.59 Å². The zero-order valence-corrected chi connectivity index (χ0v) is 12.6. The number of nitrogens with one attached hydrogen (secondary N) is 2. The van der Waals surface area contributed by atoms with Crippen molar-refractivity contribution in [2.75, 3.05) is 10.6 Å². The summed E-state index contributed by atoms with van der Waals surface area (Å²) in [5.74, 6) is -1.54. The predicted octanol–water partition coefficient (Wildman–Crippen LogP) is 3.88. The van der Waals surface area contributed by atoms with Crippen LogP contribution in [0.25, 0.3) is 0 Å². The minimum absolute atomic E-state index is 0.460. The van der Waals surface area contributed by atoms with Crippen LogP contribution in [0.1, 0.15) is 5.56 Å². The van der Waals surface area contributed by atoms with E-state index in [1.54, 1.807) is 42.5 Å². The first-order valence-corrected chi connectivity index (χ1v) is 6.85. The van der Waals surface area contributed by atoms with E-state index in [0.717, 1.165) is 5.56 Å². The molecule has 2 N–H and O–H groups in total. The topological polar surface area (TPSA) is 58.2 Å². The van der Waals surface area contributed by atoms with E-state index in [0.29, 0.717) is 21.4 Å². The van der Waals surface area contributed by atoms with Gasteiger partial charge in [0.05, 0.1) is 0 Å². The SMILES string of the molecule is Cc1ccc(NC(=O)C(=O)Nc2ccc(Cl)cc2)cc1Cl. The average molecular weight is 323 g/mol. The molecular formula is C15H12Cl2N2O2. The van der Waals surface area contributed by atoms with Crippen molar-refractivity contribution in [3.63, 3.8) is 0 Å². The minimum atomic E-state index is -0.773. The van der Waals surface area contributed by atoms with Crippen LogP contribution in [0.4, 0.5) is 11.4 Å². The Morgan fingerprint density at radius 2 is 1.38 bits per heavy atom. The number of carbonyl (C=O) groups is 2. The van der Waals surface area contributed by atoms with Crippen LogP contribution in [0.2, 0.25) is 10.0 Å². The Hall–Kier alpha value is -2.04.